The van der Waals surface area contributed by atoms with E-state index in [1.54, 1.807) is 11.8 Å². The molecule has 1 aliphatic rings. The lowest BCUT2D eigenvalue weighted by atomic mass is 9.76. The molecule has 0 spiro atoms. The highest BCUT2D eigenvalue weighted by atomic mass is 32.2. The van der Waals surface area contributed by atoms with Crippen LogP contribution in [0.4, 0.5) is 0 Å². The standard InChI is InChI=1S/C14H20N2O2S/c1-14(2,9-4-6-10(19-3)7-5-9)12-8-11(13(17)18)15-16-12/h4-7,11-12,15-16H,8H2,1-3H3,(H,17,18). The van der Waals surface area contributed by atoms with Gasteiger partial charge in [-0.3, -0.25) is 10.2 Å². The molecule has 1 aromatic carbocycles. The zero-order valence-corrected chi connectivity index (χ0v) is 12.3. The number of nitrogens with one attached hydrogen (secondary N) is 2. The highest BCUT2D eigenvalue weighted by Crippen LogP contribution is 2.32. The highest BCUT2D eigenvalue weighted by molar-refractivity contribution is 7.98. The Morgan fingerprint density at radius 2 is 1.95 bits per heavy atom. The number of thioether (sulfide) groups is 1. The number of hydrazine groups is 1. The quantitative estimate of drug-likeness (QED) is 0.736. The van der Waals surface area contributed by atoms with Crippen LogP contribution in [0.3, 0.4) is 0 Å². The summed E-state index contributed by atoms with van der Waals surface area (Å²) >= 11 is 1.72. The Hall–Kier alpha value is -1.04. The van der Waals surface area contributed by atoms with Gasteiger partial charge in [0.05, 0.1) is 0 Å². The van der Waals surface area contributed by atoms with Crippen molar-refractivity contribution in [1.29, 1.82) is 0 Å². The third-order valence-electron chi connectivity index (χ3n) is 3.91. The molecule has 1 heterocycles. The van der Waals surface area contributed by atoms with E-state index >= 15 is 0 Å². The van der Waals surface area contributed by atoms with Crippen molar-refractivity contribution in [1.82, 2.24) is 10.9 Å². The maximum Gasteiger partial charge on any atom is 0.322 e. The predicted molar refractivity (Wildman–Crippen MR) is 77.3 cm³/mol. The van der Waals surface area contributed by atoms with Crippen molar-refractivity contribution in [2.45, 2.75) is 42.7 Å². The molecule has 0 aliphatic carbocycles. The van der Waals surface area contributed by atoms with Crippen LogP contribution >= 0.6 is 11.8 Å². The molecule has 0 bridgehead atoms. The van der Waals surface area contributed by atoms with Gasteiger partial charge in [0.15, 0.2) is 0 Å². The fraction of sp³-hybridized carbons (Fsp3) is 0.500. The summed E-state index contributed by atoms with van der Waals surface area (Å²) in [5.41, 5.74) is 7.07. The Labute approximate surface area is 117 Å². The van der Waals surface area contributed by atoms with Crippen LogP contribution in [0.2, 0.25) is 0 Å². The van der Waals surface area contributed by atoms with Crippen molar-refractivity contribution in [3.8, 4) is 0 Å². The van der Waals surface area contributed by atoms with E-state index in [0.29, 0.717) is 6.42 Å². The van der Waals surface area contributed by atoms with Crippen molar-refractivity contribution >= 4 is 17.7 Å². The third kappa shape index (κ3) is 2.94. The largest absolute Gasteiger partial charge is 0.480 e. The minimum atomic E-state index is -0.802. The molecule has 0 radical (unpaired) electrons. The fourth-order valence-electron chi connectivity index (χ4n) is 2.41. The van der Waals surface area contributed by atoms with Gasteiger partial charge in [-0.05, 0) is 30.4 Å². The van der Waals surface area contributed by atoms with Crippen molar-refractivity contribution in [2.24, 2.45) is 0 Å². The number of aliphatic carboxylic acids is 1. The smallest absolute Gasteiger partial charge is 0.322 e. The number of rotatable bonds is 4. The lowest BCUT2D eigenvalue weighted by molar-refractivity contribution is -0.139. The van der Waals surface area contributed by atoms with Crippen LogP contribution < -0.4 is 10.9 Å². The summed E-state index contributed by atoms with van der Waals surface area (Å²) in [5.74, 6) is -0.802. The average molecular weight is 280 g/mol. The molecular weight excluding hydrogens is 260 g/mol. The van der Waals surface area contributed by atoms with Crippen LogP contribution in [0.1, 0.15) is 25.8 Å². The summed E-state index contributed by atoms with van der Waals surface area (Å²) in [7, 11) is 0. The molecule has 4 nitrogen and oxygen atoms in total. The minimum Gasteiger partial charge on any atom is -0.480 e. The first-order valence-corrected chi connectivity index (χ1v) is 7.56. The van der Waals surface area contributed by atoms with E-state index in [1.165, 1.54) is 10.5 Å². The van der Waals surface area contributed by atoms with Crippen molar-refractivity contribution in [3.63, 3.8) is 0 Å². The highest BCUT2D eigenvalue weighted by Gasteiger charge is 2.39. The second-order valence-electron chi connectivity index (χ2n) is 5.42. The molecule has 0 saturated carbocycles. The summed E-state index contributed by atoms with van der Waals surface area (Å²) in [6, 6.07) is 8.07. The SMILES string of the molecule is CSc1ccc(C(C)(C)C2CC(C(=O)O)NN2)cc1. The number of carboxylic acid groups (broad SMARTS) is 1. The summed E-state index contributed by atoms with van der Waals surface area (Å²) in [6.07, 6.45) is 2.65. The van der Waals surface area contributed by atoms with E-state index in [2.05, 4.69) is 55.2 Å². The summed E-state index contributed by atoms with van der Waals surface area (Å²) < 4.78 is 0. The van der Waals surface area contributed by atoms with Crippen LogP contribution in [0.5, 0.6) is 0 Å². The summed E-state index contributed by atoms with van der Waals surface area (Å²) in [6.45, 7) is 4.29. The number of benzene rings is 1. The Balaban J connectivity index is 2.15. The van der Waals surface area contributed by atoms with Crippen molar-refractivity contribution in [3.05, 3.63) is 29.8 Å². The van der Waals surface area contributed by atoms with E-state index in [9.17, 15) is 4.79 Å². The number of hydrogen-bond donors (Lipinski definition) is 3. The maximum atomic E-state index is 11.0. The van der Waals surface area contributed by atoms with Gasteiger partial charge in [0.2, 0.25) is 0 Å². The second-order valence-corrected chi connectivity index (χ2v) is 6.30. The van der Waals surface area contributed by atoms with E-state index < -0.39 is 12.0 Å². The maximum absolute atomic E-state index is 11.0. The molecule has 1 aromatic rings. The van der Waals surface area contributed by atoms with Crippen LogP contribution in [0.25, 0.3) is 0 Å². The molecule has 1 saturated heterocycles. The molecule has 0 aromatic heterocycles. The fourth-order valence-corrected chi connectivity index (χ4v) is 2.82. The second kappa shape index (κ2) is 5.53. The number of hydrogen-bond acceptors (Lipinski definition) is 4. The lowest BCUT2D eigenvalue weighted by Gasteiger charge is -2.32. The average Bonchev–Trinajstić information content (AvgIpc) is 2.89. The number of carboxylic acids is 1. The van der Waals surface area contributed by atoms with Gasteiger partial charge >= 0.3 is 5.97 Å². The molecule has 2 rings (SSSR count). The minimum absolute atomic E-state index is 0.105. The molecule has 19 heavy (non-hydrogen) atoms. The van der Waals surface area contributed by atoms with Gasteiger partial charge in [0.1, 0.15) is 6.04 Å². The first-order valence-electron chi connectivity index (χ1n) is 6.33. The van der Waals surface area contributed by atoms with Crippen LogP contribution in [0, 0.1) is 0 Å². The Bertz CT molecular complexity index is 459. The predicted octanol–water partition coefficient (Wildman–Crippen LogP) is 2.01. The Morgan fingerprint density at radius 1 is 1.32 bits per heavy atom. The molecule has 2 unspecified atom stereocenters. The first-order chi connectivity index (χ1) is 8.95. The molecule has 1 fully saturated rings. The van der Waals surface area contributed by atoms with Crippen LogP contribution in [-0.4, -0.2) is 29.4 Å². The van der Waals surface area contributed by atoms with Gasteiger partial charge in [0, 0.05) is 16.4 Å². The molecular formula is C14H20N2O2S. The van der Waals surface area contributed by atoms with E-state index in [1.807, 2.05) is 0 Å². The molecule has 1 aliphatic heterocycles. The Morgan fingerprint density at radius 3 is 2.42 bits per heavy atom. The summed E-state index contributed by atoms with van der Waals surface area (Å²) in [4.78, 5) is 12.2. The Kier molecular flexibility index (Phi) is 4.18. The zero-order chi connectivity index (χ0) is 14.0. The van der Waals surface area contributed by atoms with E-state index in [0.717, 1.165) is 0 Å². The lowest BCUT2D eigenvalue weighted by Crippen LogP contribution is -2.44. The molecule has 2 atom stereocenters. The van der Waals surface area contributed by atoms with Gasteiger partial charge in [-0.15, -0.1) is 11.8 Å². The van der Waals surface area contributed by atoms with Gasteiger partial charge in [0.25, 0.3) is 0 Å². The van der Waals surface area contributed by atoms with E-state index in [4.69, 9.17) is 5.11 Å². The molecule has 0 amide bonds. The van der Waals surface area contributed by atoms with E-state index in [-0.39, 0.29) is 11.5 Å². The summed E-state index contributed by atoms with van der Waals surface area (Å²) in [5, 5.41) is 9.03. The van der Waals surface area contributed by atoms with Gasteiger partial charge in [-0.25, -0.2) is 5.43 Å². The molecule has 5 heteroatoms. The third-order valence-corrected chi connectivity index (χ3v) is 4.65. The van der Waals surface area contributed by atoms with Gasteiger partial charge < -0.3 is 5.11 Å². The number of carbonyl (C=O) groups is 1. The topological polar surface area (TPSA) is 61.4 Å². The first kappa shape index (κ1) is 14.4. The molecule has 3 N–H and O–H groups in total. The zero-order valence-electron chi connectivity index (χ0n) is 11.4. The van der Waals surface area contributed by atoms with Crippen molar-refractivity contribution in [2.75, 3.05) is 6.26 Å². The van der Waals surface area contributed by atoms with Crippen molar-refractivity contribution < 1.29 is 9.90 Å². The van der Waals surface area contributed by atoms with Crippen LogP contribution in [-0.2, 0) is 10.2 Å². The van der Waals surface area contributed by atoms with Gasteiger partial charge in [-0.1, -0.05) is 26.0 Å². The van der Waals surface area contributed by atoms with Crippen LogP contribution in [0.15, 0.2) is 29.2 Å². The van der Waals surface area contributed by atoms with Gasteiger partial charge in [-0.2, -0.15) is 0 Å². The normalized spacial score (nSPS) is 23.5. The monoisotopic (exact) mass is 280 g/mol. The molecule has 104 valence electrons.